The highest BCUT2D eigenvalue weighted by atomic mass is 16.6. The van der Waals surface area contributed by atoms with Crippen LogP contribution in [0.4, 0.5) is 0 Å². The highest BCUT2D eigenvalue weighted by Crippen LogP contribution is 2.41. The molecule has 0 radical (unpaired) electrons. The third-order valence-electron chi connectivity index (χ3n) is 5.98. The molecule has 0 spiro atoms. The van der Waals surface area contributed by atoms with Gasteiger partial charge in [0.25, 0.3) is 0 Å². The summed E-state index contributed by atoms with van der Waals surface area (Å²) in [6.07, 6.45) is 2.91. The number of rotatable bonds is 9. The molecule has 5 heteroatoms. The summed E-state index contributed by atoms with van der Waals surface area (Å²) in [5.41, 5.74) is 2.41. The van der Waals surface area contributed by atoms with Crippen LogP contribution in [0.5, 0.6) is 0 Å². The smallest absolute Gasteiger partial charge is 0.458 e. The van der Waals surface area contributed by atoms with E-state index in [1.54, 1.807) is 0 Å². The normalized spacial score (nSPS) is 13.3. The average molecular weight is 459 g/mol. The van der Waals surface area contributed by atoms with E-state index >= 15 is 0 Å². The summed E-state index contributed by atoms with van der Waals surface area (Å²) in [7, 11) is 0. The largest absolute Gasteiger partial charge is 0.519 e. The summed E-state index contributed by atoms with van der Waals surface area (Å²) in [5.74, 6) is -0.510. The van der Waals surface area contributed by atoms with Crippen LogP contribution in [0.3, 0.4) is 0 Å². The van der Waals surface area contributed by atoms with Gasteiger partial charge < -0.3 is 13.6 Å². The second-order valence-electron chi connectivity index (χ2n) is 12.7. The number of esters is 1. The molecular weight excluding hydrogens is 416 g/mol. The van der Waals surface area contributed by atoms with Crippen LogP contribution >= 0.6 is 0 Å². The second kappa shape index (κ2) is 9.52. The topological polar surface area (TPSA) is 69.7 Å². The van der Waals surface area contributed by atoms with Crippen molar-refractivity contribution in [3.8, 4) is 0 Å². The Morgan fingerprint density at radius 2 is 1.42 bits per heavy atom. The molecule has 33 heavy (non-hydrogen) atoms. The Kier molecular flexibility index (Phi) is 7.77. The molecular formula is C28H42O5. The van der Waals surface area contributed by atoms with Crippen molar-refractivity contribution in [2.75, 3.05) is 0 Å². The van der Waals surface area contributed by atoms with E-state index in [0.29, 0.717) is 17.6 Å². The Labute approximate surface area is 198 Å². The van der Waals surface area contributed by atoms with E-state index in [0.717, 1.165) is 12.8 Å². The molecule has 0 amide bonds. The van der Waals surface area contributed by atoms with Gasteiger partial charge in [-0.2, -0.15) is 0 Å². The highest BCUT2D eigenvalue weighted by molar-refractivity contribution is 5.65. The molecule has 0 bridgehead atoms. The van der Waals surface area contributed by atoms with Gasteiger partial charge in [0.05, 0.1) is 0 Å². The molecule has 0 aliphatic heterocycles. The van der Waals surface area contributed by atoms with Crippen molar-refractivity contribution in [3.05, 3.63) is 57.5 Å². The molecule has 0 saturated carbocycles. The summed E-state index contributed by atoms with van der Waals surface area (Å²) >= 11 is 0. The number of carbonyl (C=O) groups is 1. The van der Waals surface area contributed by atoms with Crippen molar-refractivity contribution in [2.45, 2.75) is 106 Å². The fraction of sp³-hybridized carbons (Fsp3) is 0.643. The Balaban J connectivity index is 2.20. The van der Waals surface area contributed by atoms with Crippen LogP contribution < -0.4 is 5.82 Å². The molecule has 0 saturated heterocycles. The van der Waals surface area contributed by atoms with Gasteiger partial charge in [-0.1, -0.05) is 86.6 Å². The lowest BCUT2D eigenvalue weighted by Gasteiger charge is -2.35. The number of ether oxygens (including phenoxy) is 1. The maximum atomic E-state index is 11.8. The molecule has 5 nitrogen and oxygen atoms in total. The molecule has 1 aromatic carbocycles. The molecule has 2 aromatic rings. The first kappa shape index (κ1) is 26.9. The minimum Gasteiger partial charge on any atom is -0.458 e. The summed E-state index contributed by atoms with van der Waals surface area (Å²) in [6, 6.07) is 8.89. The Morgan fingerprint density at radius 1 is 0.848 bits per heavy atom. The zero-order valence-electron chi connectivity index (χ0n) is 22.2. The maximum Gasteiger partial charge on any atom is 0.519 e. The maximum absolute atomic E-state index is 11.8. The van der Waals surface area contributed by atoms with E-state index in [2.05, 4.69) is 72.7 Å². The van der Waals surface area contributed by atoms with Crippen LogP contribution in [0.2, 0.25) is 0 Å². The van der Waals surface area contributed by atoms with Crippen molar-refractivity contribution in [2.24, 2.45) is 10.8 Å². The van der Waals surface area contributed by atoms with E-state index in [4.69, 9.17) is 13.6 Å². The molecule has 1 aromatic heterocycles. The number of hydrogen-bond acceptors (Lipinski definition) is 5. The van der Waals surface area contributed by atoms with Crippen molar-refractivity contribution in [1.29, 1.82) is 0 Å². The van der Waals surface area contributed by atoms with Crippen LogP contribution in [-0.2, 0) is 33.4 Å². The Bertz CT molecular complexity index is 994. The summed E-state index contributed by atoms with van der Waals surface area (Å²) in [4.78, 5) is 23.0. The highest BCUT2D eigenvalue weighted by Gasteiger charge is 2.37. The van der Waals surface area contributed by atoms with Gasteiger partial charge in [-0.25, -0.2) is 4.79 Å². The number of hydrogen-bond donors (Lipinski definition) is 0. The average Bonchev–Trinajstić information content (AvgIpc) is 2.99. The minimum atomic E-state index is -0.778. The summed E-state index contributed by atoms with van der Waals surface area (Å²) in [5, 5.41) is 0. The first-order valence-electron chi connectivity index (χ1n) is 11.8. The minimum absolute atomic E-state index is 0.112. The van der Waals surface area contributed by atoms with Crippen molar-refractivity contribution in [3.63, 3.8) is 0 Å². The molecule has 184 valence electrons. The molecule has 2 rings (SSSR count). The number of carbonyl (C=O) groups excluding carboxylic acids is 1. The Morgan fingerprint density at radius 3 is 1.94 bits per heavy atom. The molecule has 0 atom stereocenters. The lowest BCUT2D eigenvalue weighted by atomic mass is 9.69. The van der Waals surface area contributed by atoms with E-state index in [1.807, 2.05) is 13.8 Å². The van der Waals surface area contributed by atoms with Crippen LogP contribution in [0.1, 0.15) is 105 Å². The molecule has 0 unspecified atom stereocenters. The van der Waals surface area contributed by atoms with Gasteiger partial charge in [-0.3, -0.25) is 4.79 Å². The predicted octanol–water partition coefficient (Wildman–Crippen LogP) is 6.95. The molecule has 0 fully saturated rings. The molecule has 1 heterocycles. The first-order valence-corrected chi connectivity index (χ1v) is 11.8. The van der Waals surface area contributed by atoms with E-state index in [-0.39, 0.29) is 23.2 Å². The Hall–Kier alpha value is -2.30. The van der Waals surface area contributed by atoms with Gasteiger partial charge >= 0.3 is 11.8 Å². The lowest BCUT2D eigenvalue weighted by Crippen LogP contribution is -2.30. The fourth-order valence-corrected chi connectivity index (χ4v) is 5.50. The van der Waals surface area contributed by atoms with Gasteiger partial charge in [0.2, 0.25) is 0 Å². The van der Waals surface area contributed by atoms with E-state index in [1.165, 1.54) is 18.1 Å². The zero-order chi connectivity index (χ0) is 25.2. The monoisotopic (exact) mass is 458 g/mol. The van der Waals surface area contributed by atoms with Gasteiger partial charge in [-0.15, -0.1) is 0 Å². The third-order valence-corrected chi connectivity index (χ3v) is 5.98. The van der Waals surface area contributed by atoms with Crippen LogP contribution in [0.25, 0.3) is 0 Å². The molecule has 0 aliphatic rings. The van der Waals surface area contributed by atoms with E-state index < -0.39 is 17.2 Å². The second-order valence-corrected chi connectivity index (χ2v) is 12.7. The quantitative estimate of drug-likeness (QED) is 0.380. The van der Waals surface area contributed by atoms with Gasteiger partial charge in [0.1, 0.15) is 0 Å². The van der Waals surface area contributed by atoms with Gasteiger partial charge in [0.15, 0.2) is 18.1 Å². The standard InChI is InChI=1S/C28H42O5/c1-19(29)31-16-22-23(33-24(30)32-22)28(9,10)18-27(7,8)21-13-11-20(12-14-21)15-26(5,6)17-25(2,3)4/h11-14H,15-18H2,1-10H3. The summed E-state index contributed by atoms with van der Waals surface area (Å²) < 4.78 is 15.6. The third kappa shape index (κ3) is 7.90. The van der Waals surface area contributed by atoms with Gasteiger partial charge in [-0.05, 0) is 46.6 Å². The van der Waals surface area contributed by atoms with Crippen LogP contribution in [0.15, 0.2) is 37.9 Å². The van der Waals surface area contributed by atoms with E-state index in [9.17, 15) is 9.59 Å². The molecule has 0 aliphatic carbocycles. The number of benzene rings is 1. The lowest BCUT2D eigenvalue weighted by molar-refractivity contribution is -0.142. The first-order chi connectivity index (χ1) is 14.9. The molecule has 0 N–H and O–H groups in total. The SMILES string of the molecule is CC(=O)OCc1oc(=O)oc1C(C)(C)CC(C)(C)c1ccc(CC(C)(C)CC(C)(C)C)cc1. The fourth-order valence-electron chi connectivity index (χ4n) is 5.50. The van der Waals surface area contributed by atoms with Crippen molar-refractivity contribution in [1.82, 2.24) is 0 Å². The zero-order valence-corrected chi connectivity index (χ0v) is 22.2. The van der Waals surface area contributed by atoms with Crippen molar-refractivity contribution < 1.29 is 18.4 Å². The van der Waals surface area contributed by atoms with Gasteiger partial charge in [0, 0.05) is 12.3 Å². The van der Waals surface area contributed by atoms with Crippen molar-refractivity contribution >= 4 is 5.97 Å². The summed E-state index contributed by atoms with van der Waals surface area (Å²) in [6.45, 7) is 21.2. The predicted molar refractivity (Wildman–Crippen MR) is 131 cm³/mol. The van der Waals surface area contributed by atoms with Crippen LogP contribution in [0, 0.1) is 10.8 Å². The van der Waals surface area contributed by atoms with Crippen LogP contribution in [-0.4, -0.2) is 5.97 Å².